The molecule has 16 heavy (non-hydrogen) atoms. The van der Waals surface area contributed by atoms with Crippen molar-refractivity contribution < 1.29 is 9.15 Å². The van der Waals surface area contributed by atoms with Gasteiger partial charge in [0.05, 0.1) is 12.3 Å². The number of ether oxygens (including phenoxy) is 1. The Hall–Kier alpha value is -0.840. The Morgan fingerprint density at radius 2 is 2.31 bits per heavy atom. The number of aryl methyl sites for hydroxylation is 1. The highest BCUT2D eigenvalue weighted by molar-refractivity contribution is 5.22. The predicted octanol–water partition coefficient (Wildman–Crippen LogP) is 2.02. The first-order chi connectivity index (χ1) is 7.74. The van der Waals surface area contributed by atoms with Crippen molar-refractivity contribution in [2.45, 2.75) is 32.7 Å². The van der Waals surface area contributed by atoms with Crippen LogP contribution in [0.2, 0.25) is 0 Å². The number of furan rings is 1. The molecule has 0 saturated carbocycles. The lowest BCUT2D eigenvalue weighted by Gasteiger charge is -2.23. The lowest BCUT2D eigenvalue weighted by molar-refractivity contribution is 0.170. The fraction of sp³-hybridized carbons (Fsp3) is 0.667. The van der Waals surface area contributed by atoms with E-state index in [1.54, 1.807) is 13.4 Å². The Bertz CT molecular complexity index is 299. The van der Waals surface area contributed by atoms with E-state index >= 15 is 0 Å². The third kappa shape index (κ3) is 3.07. The minimum absolute atomic E-state index is 0.129. The molecule has 4 heteroatoms. The molecule has 3 N–H and O–H groups in total. The molecule has 0 aliphatic rings. The van der Waals surface area contributed by atoms with Gasteiger partial charge < -0.3 is 9.15 Å². The van der Waals surface area contributed by atoms with Crippen molar-refractivity contribution in [3.63, 3.8) is 0 Å². The summed E-state index contributed by atoms with van der Waals surface area (Å²) in [4.78, 5) is 0. The van der Waals surface area contributed by atoms with Crippen LogP contribution < -0.4 is 11.3 Å². The zero-order valence-electron chi connectivity index (χ0n) is 10.3. The van der Waals surface area contributed by atoms with Crippen LogP contribution >= 0.6 is 0 Å². The lowest BCUT2D eigenvalue weighted by Crippen LogP contribution is -2.33. The minimum Gasteiger partial charge on any atom is -0.469 e. The zero-order chi connectivity index (χ0) is 12.0. The Kier molecular flexibility index (Phi) is 5.52. The summed E-state index contributed by atoms with van der Waals surface area (Å²) in [7, 11) is 1.72. The number of nitrogens with two attached hydrogens (primary N) is 1. The van der Waals surface area contributed by atoms with Gasteiger partial charge in [-0.15, -0.1) is 0 Å². The van der Waals surface area contributed by atoms with E-state index in [0.717, 1.165) is 30.8 Å². The van der Waals surface area contributed by atoms with Gasteiger partial charge in [-0.1, -0.05) is 13.8 Å². The van der Waals surface area contributed by atoms with Crippen LogP contribution in [0.5, 0.6) is 0 Å². The van der Waals surface area contributed by atoms with Crippen molar-refractivity contribution in [1.82, 2.24) is 5.43 Å². The van der Waals surface area contributed by atoms with E-state index in [1.807, 2.05) is 6.07 Å². The van der Waals surface area contributed by atoms with Crippen LogP contribution in [0.25, 0.3) is 0 Å². The smallest absolute Gasteiger partial charge is 0.108 e. The molecular formula is C12H22N2O2. The van der Waals surface area contributed by atoms with Gasteiger partial charge in [0, 0.05) is 25.7 Å². The van der Waals surface area contributed by atoms with E-state index in [4.69, 9.17) is 15.0 Å². The number of hydrazine groups is 1. The summed E-state index contributed by atoms with van der Waals surface area (Å²) in [5.74, 6) is 7.04. The summed E-state index contributed by atoms with van der Waals surface area (Å²) in [6, 6.07) is 2.12. The van der Waals surface area contributed by atoms with Crippen LogP contribution in [0.4, 0.5) is 0 Å². The Balaban J connectivity index is 2.73. The number of hydrogen-bond acceptors (Lipinski definition) is 4. The molecule has 0 saturated heterocycles. The normalized spacial score (nSPS) is 15.0. The first-order valence-electron chi connectivity index (χ1n) is 5.75. The molecule has 0 spiro atoms. The minimum atomic E-state index is 0.129. The molecule has 2 unspecified atom stereocenters. The second-order valence-corrected chi connectivity index (χ2v) is 4.06. The zero-order valence-corrected chi connectivity index (χ0v) is 10.3. The Morgan fingerprint density at radius 1 is 1.56 bits per heavy atom. The SMILES string of the molecule is CCc1occc1C(NN)C(C)CCOC. The highest BCUT2D eigenvalue weighted by atomic mass is 16.5. The summed E-state index contributed by atoms with van der Waals surface area (Å²) in [5, 5.41) is 0. The number of hydrogen-bond donors (Lipinski definition) is 2. The van der Waals surface area contributed by atoms with Gasteiger partial charge in [0.15, 0.2) is 0 Å². The molecule has 0 aromatic carbocycles. The van der Waals surface area contributed by atoms with Crippen LogP contribution in [0.3, 0.4) is 0 Å². The number of rotatable bonds is 7. The first-order valence-corrected chi connectivity index (χ1v) is 5.75. The van der Waals surface area contributed by atoms with Gasteiger partial charge in [-0.05, 0) is 18.4 Å². The number of nitrogens with one attached hydrogen (secondary N) is 1. The molecule has 92 valence electrons. The van der Waals surface area contributed by atoms with Crippen LogP contribution in [0.1, 0.15) is 37.6 Å². The monoisotopic (exact) mass is 226 g/mol. The average molecular weight is 226 g/mol. The van der Waals surface area contributed by atoms with E-state index in [-0.39, 0.29) is 6.04 Å². The van der Waals surface area contributed by atoms with Crippen molar-refractivity contribution in [3.8, 4) is 0 Å². The molecule has 1 rings (SSSR count). The van der Waals surface area contributed by atoms with E-state index in [0.29, 0.717) is 5.92 Å². The van der Waals surface area contributed by atoms with Crippen molar-refractivity contribution in [1.29, 1.82) is 0 Å². The maximum absolute atomic E-state index is 5.63. The Labute approximate surface area is 97.1 Å². The highest BCUT2D eigenvalue weighted by Crippen LogP contribution is 2.27. The molecule has 0 amide bonds. The molecule has 1 aromatic rings. The van der Waals surface area contributed by atoms with Gasteiger partial charge >= 0.3 is 0 Å². The van der Waals surface area contributed by atoms with Gasteiger partial charge in [0.1, 0.15) is 5.76 Å². The molecule has 1 heterocycles. The van der Waals surface area contributed by atoms with E-state index in [9.17, 15) is 0 Å². The molecule has 0 aliphatic carbocycles. The van der Waals surface area contributed by atoms with Crippen LogP contribution in [0.15, 0.2) is 16.7 Å². The van der Waals surface area contributed by atoms with Crippen LogP contribution in [-0.4, -0.2) is 13.7 Å². The van der Waals surface area contributed by atoms with E-state index in [2.05, 4.69) is 19.3 Å². The molecule has 0 radical (unpaired) electrons. The van der Waals surface area contributed by atoms with Crippen LogP contribution in [-0.2, 0) is 11.2 Å². The van der Waals surface area contributed by atoms with Crippen molar-refractivity contribution in [2.24, 2.45) is 11.8 Å². The van der Waals surface area contributed by atoms with E-state index in [1.165, 1.54) is 0 Å². The first kappa shape index (κ1) is 13.2. The largest absolute Gasteiger partial charge is 0.469 e. The van der Waals surface area contributed by atoms with E-state index < -0.39 is 0 Å². The lowest BCUT2D eigenvalue weighted by atomic mass is 9.92. The van der Waals surface area contributed by atoms with Crippen molar-refractivity contribution in [3.05, 3.63) is 23.7 Å². The van der Waals surface area contributed by atoms with Gasteiger partial charge in [-0.2, -0.15) is 0 Å². The second kappa shape index (κ2) is 6.68. The maximum atomic E-state index is 5.63. The summed E-state index contributed by atoms with van der Waals surface area (Å²) in [6.07, 6.45) is 3.58. The summed E-state index contributed by atoms with van der Waals surface area (Å²) in [6.45, 7) is 4.99. The topological polar surface area (TPSA) is 60.4 Å². The Morgan fingerprint density at radius 3 is 2.88 bits per heavy atom. The predicted molar refractivity (Wildman–Crippen MR) is 63.8 cm³/mol. The maximum Gasteiger partial charge on any atom is 0.108 e. The van der Waals surface area contributed by atoms with Gasteiger partial charge in [-0.3, -0.25) is 11.3 Å². The third-order valence-corrected chi connectivity index (χ3v) is 2.96. The standard InChI is InChI=1S/C12H22N2O2/c1-4-11-10(6-8-16-11)12(14-13)9(2)5-7-15-3/h6,8-9,12,14H,4-5,7,13H2,1-3H3. The molecule has 0 fully saturated rings. The van der Waals surface area contributed by atoms with Gasteiger partial charge in [0.2, 0.25) is 0 Å². The average Bonchev–Trinajstić information content (AvgIpc) is 2.75. The summed E-state index contributed by atoms with van der Waals surface area (Å²) < 4.78 is 10.5. The third-order valence-electron chi connectivity index (χ3n) is 2.96. The van der Waals surface area contributed by atoms with Gasteiger partial charge in [-0.25, -0.2) is 0 Å². The van der Waals surface area contributed by atoms with Gasteiger partial charge in [0.25, 0.3) is 0 Å². The molecule has 0 aliphatic heterocycles. The molecule has 4 nitrogen and oxygen atoms in total. The number of methoxy groups -OCH3 is 1. The van der Waals surface area contributed by atoms with Crippen molar-refractivity contribution >= 4 is 0 Å². The molecular weight excluding hydrogens is 204 g/mol. The summed E-state index contributed by atoms with van der Waals surface area (Å²) in [5.41, 5.74) is 4.03. The fourth-order valence-corrected chi connectivity index (χ4v) is 1.95. The molecule has 2 atom stereocenters. The molecule has 1 aromatic heterocycles. The van der Waals surface area contributed by atoms with Crippen molar-refractivity contribution in [2.75, 3.05) is 13.7 Å². The summed E-state index contributed by atoms with van der Waals surface area (Å²) >= 11 is 0. The fourth-order valence-electron chi connectivity index (χ4n) is 1.95. The molecule has 0 bridgehead atoms. The second-order valence-electron chi connectivity index (χ2n) is 4.06. The highest BCUT2D eigenvalue weighted by Gasteiger charge is 2.21. The van der Waals surface area contributed by atoms with Crippen LogP contribution in [0, 0.1) is 5.92 Å². The quantitative estimate of drug-likeness (QED) is 0.551.